The van der Waals surface area contributed by atoms with Crippen molar-refractivity contribution in [3.05, 3.63) is 27.7 Å². The maximum absolute atomic E-state index is 12.5. The standard InChI is InChI=1S/C13H14Cl3NO3S/c1-17(7-8-3-2-4-8)13(18)11-9(14)5-6-10(12(11)15)21(16,19)20/h5-6,8H,2-4,7H2,1H3. The molecule has 21 heavy (non-hydrogen) atoms. The van der Waals surface area contributed by atoms with E-state index < -0.39 is 15.0 Å². The van der Waals surface area contributed by atoms with Crippen LogP contribution in [0.5, 0.6) is 0 Å². The Balaban J connectivity index is 2.35. The number of amides is 1. The molecule has 0 spiro atoms. The highest BCUT2D eigenvalue weighted by molar-refractivity contribution is 8.13. The van der Waals surface area contributed by atoms with Gasteiger partial charge in [-0.1, -0.05) is 29.6 Å². The first kappa shape index (κ1) is 16.9. The summed E-state index contributed by atoms with van der Waals surface area (Å²) in [4.78, 5) is 13.7. The van der Waals surface area contributed by atoms with E-state index in [0.29, 0.717) is 12.5 Å². The first-order chi connectivity index (χ1) is 9.71. The Kier molecular flexibility index (Phi) is 5.08. The van der Waals surface area contributed by atoms with Crippen LogP contribution < -0.4 is 0 Å². The van der Waals surface area contributed by atoms with Gasteiger partial charge in [0.25, 0.3) is 15.0 Å². The topological polar surface area (TPSA) is 54.5 Å². The highest BCUT2D eigenvalue weighted by atomic mass is 35.7. The van der Waals surface area contributed by atoms with Crippen LogP contribution in [-0.4, -0.2) is 32.8 Å². The molecule has 0 heterocycles. The van der Waals surface area contributed by atoms with E-state index in [0.717, 1.165) is 12.8 Å². The van der Waals surface area contributed by atoms with Gasteiger partial charge in [0.1, 0.15) is 4.90 Å². The van der Waals surface area contributed by atoms with E-state index in [1.165, 1.54) is 23.5 Å². The van der Waals surface area contributed by atoms with Crippen LogP contribution in [0.15, 0.2) is 17.0 Å². The van der Waals surface area contributed by atoms with Crippen molar-refractivity contribution in [2.45, 2.75) is 24.2 Å². The summed E-state index contributed by atoms with van der Waals surface area (Å²) in [5.41, 5.74) is -0.0260. The fourth-order valence-corrected chi connectivity index (χ4v) is 4.14. The molecule has 8 heteroatoms. The summed E-state index contributed by atoms with van der Waals surface area (Å²) in [6, 6.07) is 2.50. The summed E-state index contributed by atoms with van der Waals surface area (Å²) in [5, 5.41) is -0.127. The predicted molar refractivity (Wildman–Crippen MR) is 83.8 cm³/mol. The largest absolute Gasteiger partial charge is 0.341 e. The number of rotatable bonds is 4. The maximum Gasteiger partial charge on any atom is 0.262 e. The molecule has 0 aromatic heterocycles. The van der Waals surface area contributed by atoms with Gasteiger partial charge >= 0.3 is 0 Å². The Bertz CT molecular complexity index is 671. The average Bonchev–Trinajstić information content (AvgIpc) is 2.31. The molecule has 116 valence electrons. The van der Waals surface area contributed by atoms with Crippen molar-refractivity contribution >= 4 is 48.8 Å². The monoisotopic (exact) mass is 369 g/mol. The van der Waals surface area contributed by atoms with Crippen LogP contribution in [0.25, 0.3) is 0 Å². The minimum absolute atomic E-state index is 0.0260. The van der Waals surface area contributed by atoms with Gasteiger partial charge in [0, 0.05) is 24.3 Å². The Morgan fingerprint density at radius 2 is 1.95 bits per heavy atom. The molecular formula is C13H14Cl3NO3S. The molecule has 1 aliphatic carbocycles. The van der Waals surface area contributed by atoms with Crippen molar-refractivity contribution in [1.82, 2.24) is 4.90 Å². The quantitative estimate of drug-likeness (QED) is 0.758. The van der Waals surface area contributed by atoms with Crippen LogP contribution in [-0.2, 0) is 9.05 Å². The molecule has 1 saturated carbocycles. The second-order valence-corrected chi connectivity index (χ2v) is 8.47. The van der Waals surface area contributed by atoms with Crippen molar-refractivity contribution < 1.29 is 13.2 Å². The molecule has 0 radical (unpaired) electrons. The second kappa shape index (κ2) is 6.32. The number of carbonyl (C=O) groups excluding carboxylic acids is 1. The van der Waals surface area contributed by atoms with Crippen molar-refractivity contribution in [3.8, 4) is 0 Å². The third-order valence-electron chi connectivity index (χ3n) is 3.64. The fourth-order valence-electron chi connectivity index (χ4n) is 2.25. The number of hydrogen-bond donors (Lipinski definition) is 0. The van der Waals surface area contributed by atoms with Crippen LogP contribution >= 0.6 is 33.9 Å². The van der Waals surface area contributed by atoms with E-state index in [2.05, 4.69) is 0 Å². The van der Waals surface area contributed by atoms with Crippen molar-refractivity contribution in [1.29, 1.82) is 0 Å². The average molecular weight is 371 g/mol. The van der Waals surface area contributed by atoms with Crippen molar-refractivity contribution in [2.24, 2.45) is 5.92 Å². The number of benzene rings is 1. The number of carbonyl (C=O) groups is 1. The lowest BCUT2D eigenvalue weighted by Gasteiger charge is -2.30. The van der Waals surface area contributed by atoms with Gasteiger partial charge in [0.15, 0.2) is 0 Å². The summed E-state index contributed by atoms with van der Waals surface area (Å²) < 4.78 is 22.9. The first-order valence-electron chi connectivity index (χ1n) is 6.40. The van der Waals surface area contributed by atoms with Gasteiger partial charge in [-0.05, 0) is 30.9 Å². The molecule has 1 aliphatic rings. The Morgan fingerprint density at radius 1 is 1.33 bits per heavy atom. The lowest BCUT2D eigenvalue weighted by atomic mass is 9.85. The molecular weight excluding hydrogens is 357 g/mol. The van der Waals surface area contributed by atoms with E-state index in [1.54, 1.807) is 7.05 Å². The zero-order chi connectivity index (χ0) is 15.8. The van der Waals surface area contributed by atoms with Crippen molar-refractivity contribution in [2.75, 3.05) is 13.6 Å². The molecule has 1 aromatic rings. The smallest absolute Gasteiger partial charge is 0.262 e. The molecule has 1 amide bonds. The number of halogens is 3. The van der Waals surface area contributed by atoms with Crippen LogP contribution in [0, 0.1) is 5.92 Å². The zero-order valence-corrected chi connectivity index (χ0v) is 14.4. The minimum atomic E-state index is -4.04. The third kappa shape index (κ3) is 3.65. The molecule has 0 saturated heterocycles. The molecule has 4 nitrogen and oxygen atoms in total. The lowest BCUT2D eigenvalue weighted by Crippen LogP contribution is -2.34. The highest BCUT2D eigenvalue weighted by Crippen LogP contribution is 2.34. The van der Waals surface area contributed by atoms with Gasteiger partial charge in [-0.25, -0.2) is 8.42 Å². The summed E-state index contributed by atoms with van der Waals surface area (Å²) in [6.07, 6.45) is 3.36. The van der Waals surface area contributed by atoms with Gasteiger partial charge < -0.3 is 4.90 Å². The number of nitrogens with zero attached hydrogens (tertiary/aromatic N) is 1. The van der Waals surface area contributed by atoms with Crippen LogP contribution in [0.2, 0.25) is 10.0 Å². The van der Waals surface area contributed by atoms with Gasteiger partial charge in [0.2, 0.25) is 0 Å². The first-order valence-corrected chi connectivity index (χ1v) is 9.46. The highest BCUT2D eigenvalue weighted by Gasteiger charge is 2.27. The fraction of sp³-hybridized carbons (Fsp3) is 0.462. The molecule has 0 bridgehead atoms. The van der Waals surface area contributed by atoms with Gasteiger partial charge in [0.05, 0.1) is 15.6 Å². The summed E-state index contributed by atoms with van der Waals surface area (Å²) in [7, 11) is 2.92. The SMILES string of the molecule is CN(CC1CCC1)C(=O)c1c(Cl)ccc(S(=O)(=O)Cl)c1Cl. The molecule has 0 aliphatic heterocycles. The van der Waals surface area contributed by atoms with Crippen molar-refractivity contribution in [3.63, 3.8) is 0 Å². The van der Waals surface area contributed by atoms with Crippen LogP contribution in [0.3, 0.4) is 0 Å². The second-order valence-electron chi connectivity index (χ2n) is 5.15. The van der Waals surface area contributed by atoms with E-state index in [-0.39, 0.29) is 20.5 Å². The lowest BCUT2D eigenvalue weighted by molar-refractivity contribution is 0.0745. The Hall–Kier alpha value is -0.490. The minimum Gasteiger partial charge on any atom is -0.341 e. The molecule has 0 atom stereocenters. The zero-order valence-electron chi connectivity index (χ0n) is 11.3. The van der Waals surface area contributed by atoms with Gasteiger partial charge in [-0.15, -0.1) is 0 Å². The van der Waals surface area contributed by atoms with Gasteiger partial charge in [-0.2, -0.15) is 0 Å². The van der Waals surface area contributed by atoms with Crippen LogP contribution in [0.4, 0.5) is 0 Å². The maximum atomic E-state index is 12.5. The summed E-state index contributed by atoms with van der Waals surface area (Å²) in [6.45, 7) is 0.601. The molecule has 0 unspecified atom stereocenters. The molecule has 1 aromatic carbocycles. The van der Waals surface area contributed by atoms with Crippen LogP contribution in [0.1, 0.15) is 29.6 Å². The predicted octanol–water partition coefficient (Wildman–Crippen LogP) is 3.79. The molecule has 0 N–H and O–H groups in total. The summed E-state index contributed by atoms with van der Waals surface area (Å²) >= 11 is 12.0. The summed E-state index contributed by atoms with van der Waals surface area (Å²) in [5.74, 6) is 0.0792. The van der Waals surface area contributed by atoms with E-state index in [9.17, 15) is 13.2 Å². The van der Waals surface area contributed by atoms with E-state index in [1.807, 2.05) is 0 Å². The normalized spacial score (nSPS) is 15.6. The van der Waals surface area contributed by atoms with E-state index >= 15 is 0 Å². The Morgan fingerprint density at radius 3 is 2.43 bits per heavy atom. The Labute approximate surface area is 138 Å². The van der Waals surface area contributed by atoms with Gasteiger partial charge in [-0.3, -0.25) is 4.79 Å². The molecule has 1 fully saturated rings. The number of hydrogen-bond acceptors (Lipinski definition) is 3. The third-order valence-corrected chi connectivity index (χ3v) is 5.82. The molecule has 2 rings (SSSR count). The van der Waals surface area contributed by atoms with E-state index in [4.69, 9.17) is 33.9 Å².